The van der Waals surface area contributed by atoms with Crippen molar-refractivity contribution in [2.24, 2.45) is 0 Å². The van der Waals surface area contributed by atoms with Crippen molar-refractivity contribution >= 4 is 5.69 Å². The maximum absolute atomic E-state index is 5.26. The van der Waals surface area contributed by atoms with E-state index < -0.39 is 0 Å². The van der Waals surface area contributed by atoms with Crippen molar-refractivity contribution in [3.05, 3.63) is 60.2 Å². The molecule has 2 aromatic carbocycles. The van der Waals surface area contributed by atoms with Crippen LogP contribution in [0.4, 0.5) is 5.69 Å². The minimum absolute atomic E-state index is 0.362. The molecule has 0 spiro atoms. The molecule has 1 saturated heterocycles. The van der Waals surface area contributed by atoms with Gasteiger partial charge >= 0.3 is 0 Å². The number of ether oxygens (including phenoxy) is 1. The Morgan fingerprint density at radius 2 is 1.81 bits per heavy atom. The summed E-state index contributed by atoms with van der Waals surface area (Å²) in [6, 6.07) is 19.5. The van der Waals surface area contributed by atoms with Crippen LogP contribution in [-0.4, -0.2) is 26.7 Å². The topological polar surface area (TPSA) is 24.5 Å². The molecule has 1 aliphatic rings. The first-order chi connectivity index (χ1) is 10.4. The highest BCUT2D eigenvalue weighted by Gasteiger charge is 2.22. The molecular formula is C18H22N2O. The Kier molecular flexibility index (Phi) is 4.41. The molecule has 0 aliphatic carbocycles. The van der Waals surface area contributed by atoms with Crippen LogP contribution in [0.3, 0.4) is 0 Å². The van der Waals surface area contributed by atoms with Crippen molar-refractivity contribution in [1.29, 1.82) is 0 Å². The molecular weight excluding hydrogens is 260 g/mol. The fourth-order valence-electron chi connectivity index (χ4n) is 2.93. The zero-order chi connectivity index (χ0) is 14.5. The predicted molar refractivity (Wildman–Crippen MR) is 87.0 cm³/mol. The molecule has 110 valence electrons. The Balaban J connectivity index is 1.91. The molecule has 3 rings (SSSR count). The highest BCUT2D eigenvalue weighted by Crippen LogP contribution is 2.29. The molecule has 1 N–H and O–H groups in total. The smallest absolute Gasteiger partial charge is 0.118 e. The van der Waals surface area contributed by atoms with Gasteiger partial charge in [0.2, 0.25) is 0 Å². The monoisotopic (exact) mass is 282 g/mol. The lowest BCUT2D eigenvalue weighted by atomic mass is 10.0. The first-order valence-corrected chi connectivity index (χ1v) is 7.55. The van der Waals surface area contributed by atoms with E-state index in [4.69, 9.17) is 4.74 Å². The first-order valence-electron chi connectivity index (χ1n) is 7.55. The summed E-state index contributed by atoms with van der Waals surface area (Å²) in [6.45, 7) is 3.13. The van der Waals surface area contributed by atoms with E-state index in [1.807, 2.05) is 12.1 Å². The summed E-state index contributed by atoms with van der Waals surface area (Å²) in [6.07, 6.45) is 1.17. The minimum atomic E-state index is 0.362. The maximum atomic E-state index is 5.26. The third-order valence-electron chi connectivity index (χ3n) is 4.05. The van der Waals surface area contributed by atoms with E-state index in [1.165, 1.54) is 17.7 Å². The number of hydrogen-bond donors (Lipinski definition) is 1. The van der Waals surface area contributed by atoms with Crippen LogP contribution in [0.15, 0.2) is 54.6 Å². The number of nitrogens with one attached hydrogen (secondary N) is 1. The van der Waals surface area contributed by atoms with E-state index >= 15 is 0 Å². The minimum Gasteiger partial charge on any atom is -0.497 e. The van der Waals surface area contributed by atoms with Crippen molar-refractivity contribution in [2.75, 3.05) is 31.6 Å². The second-order valence-corrected chi connectivity index (χ2v) is 5.38. The van der Waals surface area contributed by atoms with E-state index in [1.54, 1.807) is 7.11 Å². The molecule has 3 heteroatoms. The van der Waals surface area contributed by atoms with Gasteiger partial charge in [-0.05, 0) is 42.8 Å². The SMILES string of the molecule is COc1ccc([C@H]2CNCCCN2c2ccccc2)cc1. The van der Waals surface area contributed by atoms with Crippen LogP contribution in [0, 0.1) is 0 Å². The van der Waals surface area contributed by atoms with Crippen molar-refractivity contribution < 1.29 is 4.74 Å². The molecule has 0 radical (unpaired) electrons. The third-order valence-corrected chi connectivity index (χ3v) is 4.05. The molecule has 3 nitrogen and oxygen atoms in total. The summed E-state index contributed by atoms with van der Waals surface area (Å²) in [5, 5.41) is 3.55. The Morgan fingerprint density at radius 3 is 2.52 bits per heavy atom. The summed E-state index contributed by atoms with van der Waals surface area (Å²) < 4.78 is 5.26. The molecule has 1 fully saturated rings. The number of anilines is 1. The standard InChI is InChI=1S/C18H22N2O/c1-21-17-10-8-15(9-11-17)18-14-19-12-5-13-20(18)16-6-3-2-4-7-16/h2-4,6-11,18-19H,5,12-14H2,1H3/t18-/m1/s1. The average Bonchev–Trinajstić information content (AvgIpc) is 2.81. The summed E-state index contributed by atoms with van der Waals surface area (Å²) in [5.74, 6) is 0.909. The van der Waals surface area contributed by atoms with Gasteiger partial charge in [0, 0.05) is 18.8 Å². The van der Waals surface area contributed by atoms with E-state index in [0.29, 0.717) is 6.04 Å². The van der Waals surface area contributed by atoms with Crippen LogP contribution in [0.2, 0.25) is 0 Å². The average molecular weight is 282 g/mol. The molecule has 0 amide bonds. The molecule has 1 atom stereocenters. The third kappa shape index (κ3) is 3.19. The van der Waals surface area contributed by atoms with Crippen LogP contribution in [0.25, 0.3) is 0 Å². The van der Waals surface area contributed by atoms with Gasteiger partial charge in [-0.1, -0.05) is 30.3 Å². The normalized spacial score (nSPS) is 19.1. The van der Waals surface area contributed by atoms with Crippen LogP contribution >= 0.6 is 0 Å². The van der Waals surface area contributed by atoms with Gasteiger partial charge in [-0.15, -0.1) is 0 Å². The van der Waals surface area contributed by atoms with Gasteiger partial charge in [-0.2, -0.15) is 0 Å². The van der Waals surface area contributed by atoms with Crippen LogP contribution in [0.1, 0.15) is 18.0 Å². The Labute approximate surface area is 126 Å². The lowest BCUT2D eigenvalue weighted by Crippen LogP contribution is -2.32. The number of hydrogen-bond acceptors (Lipinski definition) is 3. The van der Waals surface area contributed by atoms with Crippen molar-refractivity contribution in [2.45, 2.75) is 12.5 Å². The lowest BCUT2D eigenvalue weighted by Gasteiger charge is -2.32. The molecule has 1 heterocycles. The molecule has 0 saturated carbocycles. The molecule has 2 aromatic rings. The van der Waals surface area contributed by atoms with Crippen LogP contribution < -0.4 is 15.0 Å². The molecule has 21 heavy (non-hydrogen) atoms. The van der Waals surface area contributed by atoms with Crippen molar-refractivity contribution in [1.82, 2.24) is 5.32 Å². The van der Waals surface area contributed by atoms with Gasteiger partial charge < -0.3 is 15.0 Å². The molecule has 0 aromatic heterocycles. The van der Waals surface area contributed by atoms with Crippen molar-refractivity contribution in [3.8, 4) is 5.75 Å². The van der Waals surface area contributed by atoms with E-state index in [9.17, 15) is 0 Å². The summed E-state index contributed by atoms with van der Waals surface area (Å²) in [4.78, 5) is 2.50. The van der Waals surface area contributed by atoms with Gasteiger partial charge in [0.1, 0.15) is 5.75 Å². The lowest BCUT2D eigenvalue weighted by molar-refractivity contribution is 0.414. The highest BCUT2D eigenvalue weighted by atomic mass is 16.5. The Bertz CT molecular complexity index is 553. The Morgan fingerprint density at radius 1 is 1.05 bits per heavy atom. The second-order valence-electron chi connectivity index (χ2n) is 5.38. The quantitative estimate of drug-likeness (QED) is 0.935. The van der Waals surface area contributed by atoms with Crippen molar-refractivity contribution in [3.63, 3.8) is 0 Å². The largest absolute Gasteiger partial charge is 0.497 e. The van der Waals surface area contributed by atoms with Crippen LogP contribution in [-0.2, 0) is 0 Å². The zero-order valence-corrected chi connectivity index (χ0v) is 12.5. The summed E-state index contributed by atoms with van der Waals surface area (Å²) in [5.41, 5.74) is 2.62. The summed E-state index contributed by atoms with van der Waals surface area (Å²) >= 11 is 0. The van der Waals surface area contributed by atoms with Gasteiger partial charge in [-0.25, -0.2) is 0 Å². The highest BCUT2D eigenvalue weighted by molar-refractivity contribution is 5.49. The number of rotatable bonds is 3. The Hall–Kier alpha value is -2.00. The predicted octanol–water partition coefficient (Wildman–Crippen LogP) is 3.24. The fourth-order valence-corrected chi connectivity index (χ4v) is 2.93. The number of nitrogens with zero attached hydrogens (tertiary/aromatic N) is 1. The van der Waals surface area contributed by atoms with Gasteiger partial charge in [-0.3, -0.25) is 0 Å². The molecule has 0 unspecified atom stereocenters. The number of benzene rings is 2. The first kappa shape index (κ1) is 14.0. The fraction of sp³-hybridized carbons (Fsp3) is 0.333. The number of methoxy groups -OCH3 is 1. The summed E-state index contributed by atoms with van der Waals surface area (Å²) in [7, 11) is 1.71. The second kappa shape index (κ2) is 6.64. The van der Waals surface area contributed by atoms with E-state index in [2.05, 4.69) is 52.7 Å². The zero-order valence-electron chi connectivity index (χ0n) is 12.5. The van der Waals surface area contributed by atoms with Gasteiger partial charge in [0.15, 0.2) is 0 Å². The van der Waals surface area contributed by atoms with Gasteiger partial charge in [0.25, 0.3) is 0 Å². The van der Waals surface area contributed by atoms with E-state index in [-0.39, 0.29) is 0 Å². The van der Waals surface area contributed by atoms with E-state index in [0.717, 1.165) is 25.4 Å². The molecule has 0 bridgehead atoms. The van der Waals surface area contributed by atoms with Crippen LogP contribution in [0.5, 0.6) is 5.75 Å². The van der Waals surface area contributed by atoms with Gasteiger partial charge in [0.05, 0.1) is 13.2 Å². The number of para-hydroxylation sites is 1. The maximum Gasteiger partial charge on any atom is 0.118 e. The molecule has 1 aliphatic heterocycles.